The molecule has 1 saturated carbocycles. The molecule has 0 amide bonds. The van der Waals surface area contributed by atoms with Crippen molar-refractivity contribution >= 4 is 35.6 Å². The molecule has 1 aliphatic carbocycles. The molecule has 19 heavy (non-hydrogen) atoms. The van der Waals surface area contributed by atoms with Crippen LogP contribution in [0.5, 0.6) is 11.5 Å². The average molecular weight is 377 g/mol. The summed E-state index contributed by atoms with van der Waals surface area (Å²) in [6.07, 6.45) is 3.49. The van der Waals surface area contributed by atoms with Crippen LogP contribution in [-0.2, 0) is 0 Å². The van der Waals surface area contributed by atoms with Gasteiger partial charge in [-0.05, 0) is 31.4 Å². The molecule has 1 fully saturated rings. The molecule has 3 N–H and O–H groups in total. The van der Waals surface area contributed by atoms with E-state index < -0.39 is 0 Å². The molecule has 2 rings (SSSR count). The smallest absolute Gasteiger partial charge is 0.193 e. The molecule has 1 aromatic rings. The highest BCUT2D eigenvalue weighted by Crippen LogP contribution is 2.29. The van der Waals surface area contributed by atoms with E-state index in [9.17, 15) is 0 Å². The molecular formula is C13H20IN3O2. The lowest BCUT2D eigenvalue weighted by Crippen LogP contribution is -2.27. The molecule has 0 aliphatic heterocycles. The number of hydrogen-bond acceptors (Lipinski definition) is 3. The van der Waals surface area contributed by atoms with Gasteiger partial charge in [-0.3, -0.25) is 0 Å². The number of nitrogens with zero attached hydrogens (tertiary/aromatic N) is 1. The minimum absolute atomic E-state index is 0. The fourth-order valence-corrected chi connectivity index (χ4v) is 1.79. The van der Waals surface area contributed by atoms with Crippen LogP contribution in [0.4, 0.5) is 5.69 Å². The molecule has 6 heteroatoms. The number of rotatable bonds is 4. The highest BCUT2D eigenvalue weighted by atomic mass is 127. The molecule has 1 aliphatic rings. The number of methoxy groups -OCH3 is 2. The summed E-state index contributed by atoms with van der Waals surface area (Å²) in [5.74, 6) is 1.88. The fraction of sp³-hybridized carbons (Fsp3) is 0.462. The molecule has 0 atom stereocenters. The third-order valence-electron chi connectivity index (χ3n) is 3.07. The predicted molar refractivity (Wildman–Crippen MR) is 87.8 cm³/mol. The standard InChI is InChI=1S/C13H19N3O2.HI/c1-17-10-6-7-12(18-2)11(8-10)16-13(14)15-9-4-3-5-9;/h6-9H,3-5H2,1-2H3,(H3,14,15,16);1H. The maximum absolute atomic E-state index is 5.87. The average Bonchev–Trinajstić information content (AvgIpc) is 2.34. The van der Waals surface area contributed by atoms with Gasteiger partial charge in [0.15, 0.2) is 5.96 Å². The zero-order chi connectivity index (χ0) is 13.0. The maximum atomic E-state index is 5.87. The number of benzene rings is 1. The quantitative estimate of drug-likeness (QED) is 0.481. The Labute approximate surface area is 130 Å². The fourth-order valence-electron chi connectivity index (χ4n) is 1.79. The summed E-state index contributed by atoms with van der Waals surface area (Å²) in [6, 6.07) is 5.87. The summed E-state index contributed by atoms with van der Waals surface area (Å²) in [7, 11) is 3.24. The first-order valence-electron chi connectivity index (χ1n) is 6.05. The van der Waals surface area contributed by atoms with E-state index >= 15 is 0 Å². The van der Waals surface area contributed by atoms with Gasteiger partial charge in [0.05, 0.1) is 25.9 Å². The van der Waals surface area contributed by atoms with Crippen molar-refractivity contribution in [3.8, 4) is 11.5 Å². The number of hydrogen-bond donors (Lipinski definition) is 2. The Morgan fingerprint density at radius 3 is 2.58 bits per heavy atom. The van der Waals surface area contributed by atoms with Gasteiger partial charge in [0.25, 0.3) is 0 Å². The second kappa shape index (κ2) is 7.42. The van der Waals surface area contributed by atoms with Crippen LogP contribution >= 0.6 is 24.0 Å². The number of nitrogens with one attached hydrogen (secondary N) is 1. The summed E-state index contributed by atoms with van der Waals surface area (Å²) in [6.45, 7) is 0. The predicted octanol–water partition coefficient (Wildman–Crippen LogP) is 2.60. The van der Waals surface area contributed by atoms with Crippen LogP contribution in [0.3, 0.4) is 0 Å². The normalized spacial score (nSPS) is 15.2. The van der Waals surface area contributed by atoms with Gasteiger partial charge in [-0.2, -0.15) is 0 Å². The number of anilines is 1. The highest BCUT2D eigenvalue weighted by molar-refractivity contribution is 14.0. The Morgan fingerprint density at radius 2 is 2.05 bits per heavy atom. The summed E-state index contributed by atoms with van der Waals surface area (Å²) < 4.78 is 10.4. The Hall–Kier alpha value is -1.18. The largest absolute Gasteiger partial charge is 0.497 e. The molecular weight excluding hydrogens is 357 g/mol. The SMILES string of the molecule is COc1ccc(OC)c(NC(N)=NC2CCC2)c1.I. The van der Waals surface area contributed by atoms with Crippen molar-refractivity contribution in [2.24, 2.45) is 10.7 Å². The van der Waals surface area contributed by atoms with Crippen LogP contribution in [0.1, 0.15) is 19.3 Å². The van der Waals surface area contributed by atoms with E-state index in [0.717, 1.165) is 24.3 Å². The van der Waals surface area contributed by atoms with Gasteiger partial charge in [-0.25, -0.2) is 4.99 Å². The van der Waals surface area contributed by atoms with Crippen LogP contribution in [0.15, 0.2) is 23.2 Å². The molecule has 5 nitrogen and oxygen atoms in total. The van der Waals surface area contributed by atoms with E-state index in [4.69, 9.17) is 15.2 Å². The number of aliphatic imine (C=N–C) groups is 1. The van der Waals surface area contributed by atoms with E-state index in [0.29, 0.717) is 17.8 Å². The number of halogens is 1. The van der Waals surface area contributed by atoms with Crippen molar-refractivity contribution in [2.45, 2.75) is 25.3 Å². The Bertz CT molecular complexity index is 448. The molecule has 106 valence electrons. The zero-order valence-electron chi connectivity index (χ0n) is 11.2. The van der Waals surface area contributed by atoms with Crippen LogP contribution in [0.2, 0.25) is 0 Å². The molecule has 0 radical (unpaired) electrons. The summed E-state index contributed by atoms with van der Waals surface area (Å²) >= 11 is 0. The number of ether oxygens (including phenoxy) is 2. The minimum Gasteiger partial charge on any atom is -0.497 e. The van der Waals surface area contributed by atoms with E-state index in [2.05, 4.69) is 10.3 Å². The summed E-state index contributed by atoms with van der Waals surface area (Å²) in [4.78, 5) is 4.40. The number of guanidine groups is 1. The first-order valence-corrected chi connectivity index (χ1v) is 6.05. The van der Waals surface area contributed by atoms with Crippen LogP contribution in [-0.4, -0.2) is 26.2 Å². The Morgan fingerprint density at radius 1 is 1.32 bits per heavy atom. The van der Waals surface area contributed by atoms with Crippen LogP contribution in [0, 0.1) is 0 Å². The zero-order valence-corrected chi connectivity index (χ0v) is 13.5. The van der Waals surface area contributed by atoms with Gasteiger partial charge in [-0.15, -0.1) is 24.0 Å². The Kier molecular flexibility index (Phi) is 6.20. The van der Waals surface area contributed by atoms with Crippen molar-refractivity contribution < 1.29 is 9.47 Å². The molecule has 0 unspecified atom stereocenters. The first kappa shape index (κ1) is 15.9. The summed E-state index contributed by atoms with van der Waals surface area (Å²) in [5, 5.41) is 3.06. The van der Waals surface area contributed by atoms with Crippen LogP contribution in [0.25, 0.3) is 0 Å². The molecule has 0 saturated heterocycles. The van der Waals surface area contributed by atoms with Crippen molar-refractivity contribution in [3.63, 3.8) is 0 Å². The van der Waals surface area contributed by atoms with E-state index in [1.165, 1.54) is 6.42 Å². The van der Waals surface area contributed by atoms with Crippen molar-refractivity contribution in [2.75, 3.05) is 19.5 Å². The summed E-state index contributed by atoms with van der Waals surface area (Å²) in [5.41, 5.74) is 6.64. The van der Waals surface area contributed by atoms with Crippen molar-refractivity contribution in [1.82, 2.24) is 0 Å². The Balaban J connectivity index is 0.00000180. The maximum Gasteiger partial charge on any atom is 0.193 e. The highest BCUT2D eigenvalue weighted by Gasteiger charge is 2.16. The van der Waals surface area contributed by atoms with E-state index in [1.807, 2.05) is 18.2 Å². The number of nitrogens with two attached hydrogens (primary N) is 1. The van der Waals surface area contributed by atoms with Gasteiger partial charge in [0.1, 0.15) is 11.5 Å². The van der Waals surface area contributed by atoms with Crippen molar-refractivity contribution in [3.05, 3.63) is 18.2 Å². The molecule has 0 bridgehead atoms. The molecule has 0 spiro atoms. The second-order valence-corrected chi connectivity index (χ2v) is 4.29. The van der Waals surface area contributed by atoms with Crippen LogP contribution < -0.4 is 20.5 Å². The van der Waals surface area contributed by atoms with Gasteiger partial charge in [0.2, 0.25) is 0 Å². The lowest BCUT2D eigenvalue weighted by Gasteiger charge is -2.22. The third-order valence-corrected chi connectivity index (χ3v) is 3.07. The van der Waals surface area contributed by atoms with Gasteiger partial charge >= 0.3 is 0 Å². The van der Waals surface area contributed by atoms with Gasteiger partial charge < -0.3 is 20.5 Å². The van der Waals surface area contributed by atoms with Gasteiger partial charge in [0, 0.05) is 6.07 Å². The second-order valence-electron chi connectivity index (χ2n) is 4.29. The van der Waals surface area contributed by atoms with Gasteiger partial charge in [-0.1, -0.05) is 0 Å². The topological polar surface area (TPSA) is 68.9 Å². The molecule has 0 aromatic heterocycles. The minimum atomic E-state index is 0. The van der Waals surface area contributed by atoms with E-state index in [1.54, 1.807) is 14.2 Å². The molecule has 1 aromatic carbocycles. The first-order chi connectivity index (χ1) is 8.72. The van der Waals surface area contributed by atoms with E-state index in [-0.39, 0.29) is 24.0 Å². The van der Waals surface area contributed by atoms with Crippen molar-refractivity contribution in [1.29, 1.82) is 0 Å². The lowest BCUT2D eigenvalue weighted by atomic mass is 9.94. The molecule has 0 heterocycles. The third kappa shape index (κ3) is 4.15. The monoisotopic (exact) mass is 377 g/mol. The lowest BCUT2D eigenvalue weighted by molar-refractivity contribution is 0.404.